The van der Waals surface area contributed by atoms with E-state index in [0.717, 1.165) is 5.76 Å². The predicted octanol–water partition coefficient (Wildman–Crippen LogP) is 1.41. The van der Waals surface area contributed by atoms with Gasteiger partial charge in [0.1, 0.15) is 5.76 Å². The lowest BCUT2D eigenvalue weighted by Gasteiger charge is -1.94. The van der Waals surface area contributed by atoms with Crippen LogP contribution in [0.25, 0.3) is 0 Å². The highest BCUT2D eigenvalue weighted by molar-refractivity contribution is 7.96. The molecule has 2 amide bonds. The fourth-order valence-corrected chi connectivity index (χ4v) is 0.655. The van der Waals surface area contributed by atoms with Gasteiger partial charge in [0.2, 0.25) is 0 Å². The van der Waals surface area contributed by atoms with Crippen molar-refractivity contribution >= 4 is 35.7 Å². The van der Waals surface area contributed by atoms with E-state index >= 15 is 0 Å². The van der Waals surface area contributed by atoms with Gasteiger partial charge in [0.25, 0.3) is 10.5 Å². The predicted molar refractivity (Wildman–Crippen MR) is 58.5 cm³/mol. The van der Waals surface area contributed by atoms with Crippen molar-refractivity contribution in [2.24, 2.45) is 5.73 Å². The van der Waals surface area contributed by atoms with Crippen molar-refractivity contribution < 1.29 is 14.0 Å². The number of thiol groups is 2. The van der Waals surface area contributed by atoms with Crippen LogP contribution in [-0.4, -0.2) is 10.5 Å². The summed E-state index contributed by atoms with van der Waals surface area (Å²) < 4.78 is 4.94. The first-order chi connectivity index (χ1) is 6.52. The van der Waals surface area contributed by atoms with Gasteiger partial charge in [-0.15, -0.1) is 0 Å². The Bertz CT molecular complexity index is 283. The minimum atomic E-state index is -0.639. The van der Waals surface area contributed by atoms with Crippen LogP contribution in [-0.2, 0) is 6.54 Å². The van der Waals surface area contributed by atoms with Crippen LogP contribution in [0.4, 0.5) is 9.59 Å². The van der Waals surface area contributed by atoms with Gasteiger partial charge in [-0.05, 0) is 12.1 Å². The van der Waals surface area contributed by atoms with Crippen molar-refractivity contribution in [3.63, 3.8) is 0 Å². The molecule has 78 valence electrons. The molecule has 0 aromatic carbocycles. The first-order valence-corrected chi connectivity index (χ1v) is 4.39. The van der Waals surface area contributed by atoms with E-state index in [1.54, 1.807) is 18.4 Å². The second-order valence-electron chi connectivity index (χ2n) is 2.08. The molecule has 0 aliphatic carbocycles. The molecule has 0 radical (unpaired) electrons. The molecule has 0 unspecified atom stereocenters. The Morgan fingerprint density at radius 1 is 1.50 bits per heavy atom. The molecule has 1 aromatic rings. The average Bonchev–Trinajstić information content (AvgIpc) is 2.51. The number of furan rings is 1. The molecule has 1 aromatic heterocycles. The van der Waals surface area contributed by atoms with Crippen LogP contribution in [0.2, 0.25) is 0 Å². The zero-order valence-corrected chi connectivity index (χ0v) is 8.92. The van der Waals surface area contributed by atoms with Gasteiger partial charge in [-0.3, -0.25) is 9.59 Å². The highest BCUT2D eigenvalue weighted by Gasteiger charge is 1.95. The molecule has 0 bridgehead atoms. The Kier molecular flexibility index (Phi) is 6.77. The quantitative estimate of drug-likeness (QED) is 0.584. The summed E-state index contributed by atoms with van der Waals surface area (Å²) in [6.07, 6.45) is 1.56. The number of nitrogens with one attached hydrogen (secondary N) is 1. The first kappa shape index (κ1) is 12.9. The number of hydrogen-bond donors (Lipinski definition) is 4. The molecule has 0 atom stereocenters. The minimum Gasteiger partial charge on any atom is -0.467 e. The molecule has 1 rings (SSSR count). The summed E-state index contributed by atoms with van der Waals surface area (Å²) in [5.74, 6) is 0.724. The van der Waals surface area contributed by atoms with Crippen molar-refractivity contribution in [3.8, 4) is 0 Å². The lowest BCUT2D eigenvalue weighted by molar-refractivity contribution is 0.260. The normalized spacial score (nSPS) is 8.43. The van der Waals surface area contributed by atoms with Crippen LogP contribution in [0, 0.1) is 0 Å². The van der Waals surface area contributed by atoms with E-state index in [1.165, 1.54) is 0 Å². The van der Waals surface area contributed by atoms with Crippen LogP contribution in [0.5, 0.6) is 0 Å². The summed E-state index contributed by atoms with van der Waals surface area (Å²) in [6.45, 7) is 0.398. The van der Waals surface area contributed by atoms with E-state index in [4.69, 9.17) is 9.21 Å². The maximum Gasteiger partial charge on any atom is 0.276 e. The number of carbonyl (C=O) groups excluding carboxylic acids is 2. The van der Waals surface area contributed by atoms with Gasteiger partial charge in [0.05, 0.1) is 12.8 Å². The molecule has 0 saturated carbocycles. The van der Waals surface area contributed by atoms with Gasteiger partial charge in [-0.25, -0.2) is 0 Å². The van der Waals surface area contributed by atoms with Crippen molar-refractivity contribution in [3.05, 3.63) is 24.2 Å². The number of nitrogens with two attached hydrogens (primary N) is 1. The highest BCUT2D eigenvalue weighted by atomic mass is 32.1. The highest BCUT2D eigenvalue weighted by Crippen LogP contribution is 1.98. The Balaban J connectivity index is 0.000000364. The van der Waals surface area contributed by atoms with Crippen LogP contribution in [0.1, 0.15) is 5.76 Å². The maximum absolute atomic E-state index is 10.3. The van der Waals surface area contributed by atoms with Gasteiger partial charge < -0.3 is 15.5 Å². The van der Waals surface area contributed by atoms with Gasteiger partial charge >= 0.3 is 0 Å². The third-order valence-corrected chi connectivity index (χ3v) is 1.15. The number of carbonyl (C=O) groups is 2. The SMILES string of the molecule is NC(=O)S.O=C(S)NCc1ccco1. The largest absolute Gasteiger partial charge is 0.467 e. The van der Waals surface area contributed by atoms with Crippen LogP contribution in [0.15, 0.2) is 22.8 Å². The zero-order valence-electron chi connectivity index (χ0n) is 7.14. The molecular weight excluding hydrogens is 224 g/mol. The van der Waals surface area contributed by atoms with Crippen molar-refractivity contribution in [2.45, 2.75) is 6.54 Å². The Morgan fingerprint density at radius 2 is 2.07 bits per heavy atom. The van der Waals surface area contributed by atoms with Crippen molar-refractivity contribution in [1.29, 1.82) is 0 Å². The second kappa shape index (κ2) is 7.34. The summed E-state index contributed by atoms with van der Waals surface area (Å²) in [7, 11) is 0. The van der Waals surface area contributed by atoms with Gasteiger partial charge in [0.15, 0.2) is 0 Å². The first-order valence-electron chi connectivity index (χ1n) is 3.50. The van der Waals surface area contributed by atoms with E-state index in [2.05, 4.69) is 36.3 Å². The molecule has 0 fully saturated rings. The molecule has 0 aliphatic heterocycles. The third kappa shape index (κ3) is 9.01. The zero-order chi connectivity index (χ0) is 11.0. The molecule has 3 N–H and O–H groups in total. The summed E-state index contributed by atoms with van der Waals surface area (Å²) in [4.78, 5) is 19.3. The second-order valence-corrected chi connectivity index (χ2v) is 2.92. The smallest absolute Gasteiger partial charge is 0.276 e. The fraction of sp³-hybridized carbons (Fsp3) is 0.143. The fourth-order valence-electron chi connectivity index (χ4n) is 0.576. The molecule has 14 heavy (non-hydrogen) atoms. The van der Waals surface area contributed by atoms with Crippen LogP contribution < -0.4 is 11.1 Å². The average molecular weight is 234 g/mol. The van der Waals surface area contributed by atoms with E-state index in [1.807, 2.05) is 0 Å². The monoisotopic (exact) mass is 234 g/mol. The Labute approximate surface area is 91.8 Å². The number of rotatable bonds is 2. The van der Waals surface area contributed by atoms with Crippen LogP contribution >= 0.6 is 25.3 Å². The van der Waals surface area contributed by atoms with E-state index in [0.29, 0.717) is 6.54 Å². The molecule has 0 aliphatic rings. The molecule has 0 saturated heterocycles. The van der Waals surface area contributed by atoms with Crippen molar-refractivity contribution in [2.75, 3.05) is 0 Å². The van der Waals surface area contributed by atoms with Crippen molar-refractivity contribution in [1.82, 2.24) is 5.32 Å². The molecular formula is C7H10N2O3S2. The summed E-state index contributed by atoms with van der Waals surface area (Å²) in [5.41, 5.74) is 4.34. The Hall–Kier alpha value is -1.08. The minimum absolute atomic E-state index is 0.351. The standard InChI is InChI=1S/C6H7NO2S.CH3NOS/c8-6(10)7-4-5-2-1-3-9-5;2-1(3)4/h1-3H,4H2,(H2,7,8,10);(H3,2,3,4). The van der Waals surface area contributed by atoms with E-state index < -0.39 is 5.24 Å². The van der Waals surface area contributed by atoms with Gasteiger partial charge in [-0.1, -0.05) is 25.3 Å². The molecule has 5 nitrogen and oxygen atoms in total. The summed E-state index contributed by atoms with van der Waals surface area (Å²) in [6, 6.07) is 3.55. The topological polar surface area (TPSA) is 85.3 Å². The maximum atomic E-state index is 10.3. The number of primary amides is 1. The molecule has 7 heteroatoms. The van der Waals surface area contributed by atoms with E-state index in [-0.39, 0.29) is 5.24 Å². The number of hydrogen-bond acceptors (Lipinski definition) is 3. The summed E-state index contributed by atoms with van der Waals surface area (Å²) in [5, 5.41) is 1.49. The van der Waals surface area contributed by atoms with Crippen LogP contribution in [0.3, 0.4) is 0 Å². The molecule has 1 heterocycles. The van der Waals surface area contributed by atoms with E-state index in [9.17, 15) is 4.79 Å². The lowest BCUT2D eigenvalue weighted by atomic mass is 10.4. The van der Waals surface area contributed by atoms with Gasteiger partial charge in [-0.2, -0.15) is 0 Å². The third-order valence-electron chi connectivity index (χ3n) is 0.994. The molecule has 0 spiro atoms. The van der Waals surface area contributed by atoms with Gasteiger partial charge in [0, 0.05) is 0 Å². The Morgan fingerprint density at radius 3 is 2.43 bits per heavy atom. The lowest BCUT2D eigenvalue weighted by Crippen LogP contribution is -2.14. The number of amides is 2. The summed E-state index contributed by atoms with van der Waals surface area (Å²) >= 11 is 6.62.